The van der Waals surface area contributed by atoms with Crippen LogP contribution in [0.15, 0.2) is 24.3 Å². The van der Waals surface area contributed by atoms with E-state index in [0.717, 1.165) is 37.4 Å². The van der Waals surface area contributed by atoms with E-state index < -0.39 is 0 Å². The molecular formula is C15H20N2O. The van der Waals surface area contributed by atoms with Crippen molar-refractivity contribution >= 4 is 5.69 Å². The molecule has 1 aliphatic rings. The minimum Gasteiger partial charge on any atom is -0.483 e. The highest BCUT2D eigenvalue weighted by Gasteiger charge is 2.36. The molecule has 0 N–H and O–H groups in total. The van der Waals surface area contributed by atoms with Crippen LogP contribution in [0.1, 0.15) is 33.1 Å². The van der Waals surface area contributed by atoms with E-state index in [0.29, 0.717) is 6.42 Å². The number of anilines is 1. The maximum absolute atomic E-state index is 8.78. The van der Waals surface area contributed by atoms with Gasteiger partial charge in [-0.05, 0) is 25.0 Å². The maximum Gasteiger partial charge on any atom is 0.143 e. The topological polar surface area (TPSA) is 36.3 Å². The number of hydrogen-bond donors (Lipinski definition) is 0. The van der Waals surface area contributed by atoms with Crippen molar-refractivity contribution in [1.29, 1.82) is 5.26 Å². The van der Waals surface area contributed by atoms with Crippen LogP contribution in [-0.2, 0) is 0 Å². The van der Waals surface area contributed by atoms with Crippen LogP contribution in [-0.4, -0.2) is 18.7 Å². The van der Waals surface area contributed by atoms with Crippen LogP contribution in [0.5, 0.6) is 5.75 Å². The lowest BCUT2D eigenvalue weighted by atomic mass is 9.94. The highest BCUT2D eigenvalue weighted by Crippen LogP contribution is 2.39. The van der Waals surface area contributed by atoms with Gasteiger partial charge in [0, 0.05) is 6.54 Å². The van der Waals surface area contributed by atoms with Gasteiger partial charge in [-0.25, -0.2) is 0 Å². The van der Waals surface area contributed by atoms with E-state index >= 15 is 0 Å². The highest BCUT2D eigenvalue weighted by atomic mass is 16.5. The average Bonchev–Trinajstić information content (AvgIpc) is 2.44. The fraction of sp³-hybridized carbons (Fsp3) is 0.533. The van der Waals surface area contributed by atoms with Gasteiger partial charge in [-0.3, -0.25) is 0 Å². The molecule has 3 nitrogen and oxygen atoms in total. The summed E-state index contributed by atoms with van der Waals surface area (Å²) in [6.07, 6.45) is 2.53. The molecule has 1 aliphatic heterocycles. The Kier molecular flexibility index (Phi) is 3.76. The summed E-state index contributed by atoms with van der Waals surface area (Å²) in [6.45, 7) is 5.98. The summed E-state index contributed by atoms with van der Waals surface area (Å²) in [5, 5.41) is 8.78. The second-order valence-electron chi connectivity index (χ2n) is 4.79. The van der Waals surface area contributed by atoms with Crippen molar-refractivity contribution in [3.8, 4) is 11.8 Å². The van der Waals surface area contributed by atoms with Crippen molar-refractivity contribution in [1.82, 2.24) is 0 Å². The van der Waals surface area contributed by atoms with Crippen molar-refractivity contribution in [2.45, 2.75) is 38.7 Å². The van der Waals surface area contributed by atoms with E-state index in [9.17, 15) is 0 Å². The lowest BCUT2D eigenvalue weighted by molar-refractivity contribution is 0.0576. The largest absolute Gasteiger partial charge is 0.483 e. The maximum atomic E-state index is 8.78. The molecule has 0 atom stereocenters. The molecule has 0 unspecified atom stereocenters. The molecule has 96 valence electrons. The number of nitriles is 1. The molecule has 0 saturated heterocycles. The number of ether oxygens (including phenoxy) is 1. The Balaban J connectivity index is 2.32. The monoisotopic (exact) mass is 244 g/mol. The number of rotatable bonds is 4. The normalized spacial score (nSPS) is 16.6. The molecule has 1 heterocycles. The van der Waals surface area contributed by atoms with Crippen LogP contribution in [0.3, 0.4) is 0 Å². The molecular weight excluding hydrogens is 224 g/mol. The van der Waals surface area contributed by atoms with Crippen molar-refractivity contribution in [2.24, 2.45) is 0 Å². The second-order valence-corrected chi connectivity index (χ2v) is 4.79. The van der Waals surface area contributed by atoms with Gasteiger partial charge in [-0.15, -0.1) is 0 Å². The number of para-hydroxylation sites is 2. The summed E-state index contributed by atoms with van der Waals surface area (Å²) in [4.78, 5) is 2.29. The number of nitrogens with zero attached hydrogens (tertiary/aromatic N) is 2. The Bertz CT molecular complexity index is 446. The minimum atomic E-state index is -0.107. The third kappa shape index (κ3) is 2.28. The van der Waals surface area contributed by atoms with Gasteiger partial charge in [0.25, 0.3) is 0 Å². The molecule has 0 spiro atoms. The molecule has 0 saturated carbocycles. The molecule has 2 rings (SSSR count). The first kappa shape index (κ1) is 12.8. The minimum absolute atomic E-state index is 0.107. The van der Waals surface area contributed by atoms with Gasteiger partial charge in [-0.2, -0.15) is 5.26 Å². The standard InChI is InChI=1S/C15H20N2O/c1-3-15(4-2)12-17(11-7-10-16)13-8-5-6-9-14(13)18-15/h5-6,8-9H,3-4,7,11-12H2,1-2H3. The van der Waals surface area contributed by atoms with Gasteiger partial charge in [0.15, 0.2) is 0 Å². The fourth-order valence-electron chi connectivity index (χ4n) is 2.51. The van der Waals surface area contributed by atoms with Crippen molar-refractivity contribution < 1.29 is 4.74 Å². The molecule has 18 heavy (non-hydrogen) atoms. The summed E-state index contributed by atoms with van der Waals surface area (Å²) in [5.74, 6) is 0.949. The smallest absolute Gasteiger partial charge is 0.143 e. The molecule has 1 aromatic carbocycles. The zero-order valence-corrected chi connectivity index (χ0v) is 11.1. The van der Waals surface area contributed by atoms with Gasteiger partial charge in [0.05, 0.1) is 24.7 Å². The Hall–Kier alpha value is -1.69. The fourth-order valence-corrected chi connectivity index (χ4v) is 2.51. The molecule has 1 aromatic rings. The Labute approximate surface area is 109 Å². The zero-order valence-electron chi connectivity index (χ0n) is 11.1. The van der Waals surface area contributed by atoms with Crippen LogP contribution in [0, 0.1) is 11.3 Å². The Morgan fingerprint density at radius 2 is 2.06 bits per heavy atom. The van der Waals surface area contributed by atoms with E-state index in [1.54, 1.807) is 0 Å². The zero-order chi connectivity index (χ0) is 13.0. The van der Waals surface area contributed by atoms with Gasteiger partial charge >= 0.3 is 0 Å². The molecule has 0 aromatic heterocycles. The van der Waals surface area contributed by atoms with Gasteiger partial charge in [0.1, 0.15) is 11.4 Å². The summed E-state index contributed by atoms with van der Waals surface area (Å²) in [7, 11) is 0. The lowest BCUT2D eigenvalue weighted by Crippen LogP contribution is -2.50. The van der Waals surface area contributed by atoms with Gasteiger partial charge in [-0.1, -0.05) is 26.0 Å². The van der Waals surface area contributed by atoms with Crippen LogP contribution in [0.2, 0.25) is 0 Å². The highest BCUT2D eigenvalue weighted by molar-refractivity contribution is 5.60. The van der Waals surface area contributed by atoms with Crippen LogP contribution >= 0.6 is 0 Å². The van der Waals surface area contributed by atoms with Crippen LogP contribution in [0.25, 0.3) is 0 Å². The summed E-state index contributed by atoms with van der Waals surface area (Å²) in [6, 6.07) is 10.3. The Morgan fingerprint density at radius 1 is 1.33 bits per heavy atom. The number of hydrogen-bond acceptors (Lipinski definition) is 3. The SMILES string of the molecule is CCC1(CC)CN(CCC#N)c2ccccc2O1. The second kappa shape index (κ2) is 5.30. The third-order valence-electron chi connectivity index (χ3n) is 3.79. The summed E-state index contributed by atoms with van der Waals surface area (Å²) >= 11 is 0. The van der Waals surface area contributed by atoms with Crippen LogP contribution in [0.4, 0.5) is 5.69 Å². The molecule has 0 bridgehead atoms. The molecule has 0 amide bonds. The van der Waals surface area contributed by atoms with E-state index in [4.69, 9.17) is 10.00 Å². The summed E-state index contributed by atoms with van der Waals surface area (Å²) in [5.41, 5.74) is 1.01. The van der Waals surface area contributed by atoms with Crippen molar-refractivity contribution in [3.05, 3.63) is 24.3 Å². The first-order valence-electron chi connectivity index (χ1n) is 6.64. The summed E-state index contributed by atoms with van der Waals surface area (Å²) < 4.78 is 6.20. The Morgan fingerprint density at radius 3 is 2.72 bits per heavy atom. The molecule has 0 aliphatic carbocycles. The average molecular weight is 244 g/mol. The van der Waals surface area contributed by atoms with E-state index in [2.05, 4.69) is 30.9 Å². The third-order valence-corrected chi connectivity index (χ3v) is 3.79. The first-order valence-corrected chi connectivity index (χ1v) is 6.64. The molecule has 0 fully saturated rings. The van der Waals surface area contributed by atoms with Gasteiger partial charge in [0.2, 0.25) is 0 Å². The number of fused-ring (bicyclic) bond motifs is 1. The van der Waals surface area contributed by atoms with Gasteiger partial charge < -0.3 is 9.64 Å². The quantitative estimate of drug-likeness (QED) is 0.814. The van der Waals surface area contributed by atoms with E-state index in [-0.39, 0.29) is 5.60 Å². The lowest BCUT2D eigenvalue weighted by Gasteiger charge is -2.44. The first-order chi connectivity index (χ1) is 8.74. The molecule has 0 radical (unpaired) electrons. The van der Waals surface area contributed by atoms with Crippen molar-refractivity contribution in [2.75, 3.05) is 18.0 Å². The molecule has 3 heteroatoms. The number of benzene rings is 1. The predicted molar refractivity (Wildman–Crippen MR) is 72.8 cm³/mol. The van der Waals surface area contributed by atoms with E-state index in [1.807, 2.05) is 18.2 Å². The van der Waals surface area contributed by atoms with Crippen molar-refractivity contribution in [3.63, 3.8) is 0 Å². The van der Waals surface area contributed by atoms with E-state index in [1.165, 1.54) is 0 Å². The van der Waals surface area contributed by atoms with Crippen LogP contribution < -0.4 is 9.64 Å². The predicted octanol–water partition coefficient (Wildman–Crippen LogP) is 3.36.